The summed E-state index contributed by atoms with van der Waals surface area (Å²) in [5.74, 6) is -2.31. The van der Waals surface area contributed by atoms with Crippen molar-refractivity contribution in [2.24, 2.45) is 0 Å². The first-order valence-corrected chi connectivity index (χ1v) is 11.1. The number of morpholine rings is 1. The maximum absolute atomic E-state index is 13.7. The summed E-state index contributed by atoms with van der Waals surface area (Å²) < 4.78 is 46.5. The first kappa shape index (κ1) is 26.2. The summed E-state index contributed by atoms with van der Waals surface area (Å²) in [6.45, 7) is -0.612. The van der Waals surface area contributed by atoms with E-state index in [9.17, 15) is 32.3 Å². The molecule has 1 atom stereocenters. The van der Waals surface area contributed by atoms with Gasteiger partial charge in [-0.25, -0.2) is 4.79 Å². The molecule has 0 saturated carbocycles. The first-order chi connectivity index (χ1) is 16.5. The monoisotopic (exact) mass is 534 g/mol. The molecule has 0 unspecified atom stereocenters. The van der Waals surface area contributed by atoms with Crippen LogP contribution in [0.15, 0.2) is 30.3 Å². The third-order valence-corrected chi connectivity index (χ3v) is 5.97. The lowest BCUT2D eigenvalue weighted by Gasteiger charge is -2.28. The van der Waals surface area contributed by atoms with Crippen molar-refractivity contribution in [1.82, 2.24) is 10.6 Å². The average molecular weight is 535 g/mol. The van der Waals surface area contributed by atoms with E-state index in [-0.39, 0.29) is 30.3 Å². The third-order valence-electron chi connectivity index (χ3n) is 4.74. The van der Waals surface area contributed by atoms with Gasteiger partial charge in [0, 0.05) is 18.8 Å². The molecule has 1 saturated heterocycles. The minimum atomic E-state index is -4.91. The summed E-state index contributed by atoms with van der Waals surface area (Å²) in [5.41, 5.74) is -1.93. The number of carbonyl (C=O) groups excluding carboxylic acids is 3. The Balaban J connectivity index is 1.79. The molecule has 0 aliphatic carbocycles. The fourth-order valence-corrected chi connectivity index (χ4v) is 4.09. The van der Waals surface area contributed by atoms with E-state index in [1.165, 1.54) is 18.2 Å². The van der Waals surface area contributed by atoms with Crippen LogP contribution in [-0.4, -0.2) is 61.3 Å². The van der Waals surface area contributed by atoms with Gasteiger partial charge in [0.1, 0.15) is 12.6 Å². The number of alkyl halides is 3. The number of carboxylic acid groups (broad SMARTS) is 1. The standard InChI is InChI=1S/C20H18ClF3N4O6S/c21-15-4-3-14(35-15)18(31)25-8-13(27-19(32)33)17(30)26-12-2-1-10(7-11(12)20(22,23)24)28-5-6-34-9-16(28)29/h1-4,7,13,27H,5-6,8-9H2,(H,25,31)(H,26,30)(H,32,33)/t13-/m1/s1. The lowest BCUT2D eigenvalue weighted by Crippen LogP contribution is -2.50. The number of halogens is 4. The Labute approximate surface area is 205 Å². The second-order valence-electron chi connectivity index (χ2n) is 7.13. The lowest BCUT2D eigenvalue weighted by atomic mass is 10.1. The van der Waals surface area contributed by atoms with Crippen LogP contribution in [0.3, 0.4) is 0 Å². The molecule has 1 fully saturated rings. The van der Waals surface area contributed by atoms with Crippen LogP contribution in [-0.2, 0) is 20.5 Å². The second-order valence-corrected chi connectivity index (χ2v) is 8.85. The Morgan fingerprint density at radius 3 is 2.57 bits per heavy atom. The van der Waals surface area contributed by atoms with Crippen molar-refractivity contribution < 1.29 is 42.2 Å². The van der Waals surface area contributed by atoms with E-state index < -0.39 is 53.8 Å². The van der Waals surface area contributed by atoms with Gasteiger partial charge >= 0.3 is 12.3 Å². The highest BCUT2D eigenvalue weighted by atomic mass is 35.5. The summed E-state index contributed by atoms with van der Waals surface area (Å²) in [6, 6.07) is 4.15. The molecule has 35 heavy (non-hydrogen) atoms. The number of hydrogen-bond acceptors (Lipinski definition) is 6. The zero-order valence-electron chi connectivity index (χ0n) is 17.6. The Kier molecular flexibility index (Phi) is 8.19. The molecule has 0 radical (unpaired) electrons. The number of thiophene rings is 1. The summed E-state index contributed by atoms with van der Waals surface area (Å²) in [5, 5.41) is 15.3. The first-order valence-electron chi connectivity index (χ1n) is 9.89. The van der Waals surface area contributed by atoms with Crippen molar-refractivity contribution in [3.63, 3.8) is 0 Å². The molecule has 0 bridgehead atoms. The molecule has 3 rings (SSSR count). The van der Waals surface area contributed by atoms with Crippen molar-refractivity contribution >= 4 is 58.1 Å². The van der Waals surface area contributed by atoms with Crippen LogP contribution in [0.4, 0.5) is 29.3 Å². The van der Waals surface area contributed by atoms with Crippen LogP contribution in [0, 0.1) is 0 Å². The summed E-state index contributed by atoms with van der Waals surface area (Å²) in [7, 11) is 0. The predicted octanol–water partition coefficient (Wildman–Crippen LogP) is 2.79. The predicted molar refractivity (Wildman–Crippen MR) is 120 cm³/mol. The molecule has 1 aliphatic heterocycles. The van der Waals surface area contributed by atoms with Crippen LogP contribution in [0.25, 0.3) is 0 Å². The van der Waals surface area contributed by atoms with Gasteiger partial charge in [0.2, 0.25) is 5.91 Å². The van der Waals surface area contributed by atoms with Crippen molar-refractivity contribution in [1.29, 1.82) is 0 Å². The molecule has 0 spiro atoms. The summed E-state index contributed by atoms with van der Waals surface area (Å²) in [6.07, 6.45) is -6.54. The van der Waals surface area contributed by atoms with E-state index in [0.29, 0.717) is 10.4 Å². The molecule has 2 aromatic rings. The van der Waals surface area contributed by atoms with Crippen LogP contribution < -0.4 is 20.9 Å². The lowest BCUT2D eigenvalue weighted by molar-refractivity contribution is -0.137. The molecular formula is C20H18ClF3N4O6S. The van der Waals surface area contributed by atoms with E-state index in [2.05, 4.69) is 5.32 Å². The molecule has 188 valence electrons. The van der Waals surface area contributed by atoms with Gasteiger partial charge in [-0.15, -0.1) is 11.3 Å². The van der Waals surface area contributed by atoms with Crippen LogP contribution in [0.5, 0.6) is 0 Å². The maximum atomic E-state index is 13.7. The van der Waals surface area contributed by atoms with Gasteiger partial charge in [0.15, 0.2) is 0 Å². The topological polar surface area (TPSA) is 137 Å². The van der Waals surface area contributed by atoms with Gasteiger partial charge in [-0.3, -0.25) is 14.4 Å². The average Bonchev–Trinajstić information content (AvgIpc) is 3.22. The van der Waals surface area contributed by atoms with Crippen molar-refractivity contribution in [2.75, 3.05) is 36.5 Å². The second kappa shape index (κ2) is 10.9. The van der Waals surface area contributed by atoms with E-state index in [1.54, 1.807) is 0 Å². The van der Waals surface area contributed by atoms with E-state index >= 15 is 0 Å². The Hall–Kier alpha value is -3.36. The molecule has 2 heterocycles. The number of hydrogen-bond donors (Lipinski definition) is 4. The van der Waals surface area contributed by atoms with Gasteiger partial charge in [-0.1, -0.05) is 11.6 Å². The number of amides is 4. The number of nitrogens with one attached hydrogen (secondary N) is 3. The number of benzene rings is 1. The molecule has 1 aliphatic rings. The molecule has 4 N–H and O–H groups in total. The van der Waals surface area contributed by atoms with Crippen molar-refractivity contribution in [2.45, 2.75) is 12.2 Å². The van der Waals surface area contributed by atoms with Gasteiger partial charge in [0.05, 0.1) is 27.1 Å². The Morgan fingerprint density at radius 1 is 1.23 bits per heavy atom. The number of carbonyl (C=O) groups is 4. The number of rotatable bonds is 7. The fraction of sp³-hybridized carbons (Fsp3) is 0.300. The van der Waals surface area contributed by atoms with Gasteiger partial charge in [-0.05, 0) is 30.3 Å². The maximum Gasteiger partial charge on any atom is 0.418 e. The van der Waals surface area contributed by atoms with E-state index in [4.69, 9.17) is 21.4 Å². The molecule has 1 aromatic heterocycles. The van der Waals surface area contributed by atoms with Gasteiger partial charge in [-0.2, -0.15) is 13.2 Å². The highest BCUT2D eigenvalue weighted by molar-refractivity contribution is 7.18. The van der Waals surface area contributed by atoms with Crippen molar-refractivity contribution in [3.8, 4) is 0 Å². The number of nitrogens with zero attached hydrogens (tertiary/aromatic N) is 1. The molecule has 4 amide bonds. The summed E-state index contributed by atoms with van der Waals surface area (Å²) >= 11 is 6.71. The van der Waals surface area contributed by atoms with Gasteiger partial charge in [0.25, 0.3) is 11.8 Å². The van der Waals surface area contributed by atoms with Crippen molar-refractivity contribution in [3.05, 3.63) is 45.1 Å². The summed E-state index contributed by atoms with van der Waals surface area (Å²) in [4.78, 5) is 49.3. The highest BCUT2D eigenvalue weighted by Crippen LogP contribution is 2.37. The van der Waals surface area contributed by atoms with Crippen LogP contribution in [0.2, 0.25) is 4.34 Å². The number of anilines is 2. The minimum absolute atomic E-state index is 0.0364. The molecular weight excluding hydrogens is 517 g/mol. The smallest absolute Gasteiger partial charge is 0.418 e. The Morgan fingerprint density at radius 2 is 1.97 bits per heavy atom. The van der Waals surface area contributed by atoms with Crippen LogP contribution >= 0.6 is 22.9 Å². The normalized spacial score (nSPS) is 14.9. The third kappa shape index (κ3) is 6.83. The molecule has 15 heteroatoms. The highest BCUT2D eigenvalue weighted by Gasteiger charge is 2.36. The zero-order chi connectivity index (χ0) is 25.8. The molecule has 1 aromatic carbocycles. The SMILES string of the molecule is O=C(O)N[C@H](CNC(=O)c1ccc(Cl)s1)C(=O)Nc1ccc(N2CCOCC2=O)cc1C(F)(F)F. The van der Waals surface area contributed by atoms with Gasteiger partial charge < -0.3 is 30.7 Å². The zero-order valence-corrected chi connectivity index (χ0v) is 19.2. The van der Waals surface area contributed by atoms with E-state index in [0.717, 1.165) is 22.3 Å². The molecule has 10 nitrogen and oxygen atoms in total. The quantitative estimate of drug-likeness (QED) is 0.431. The van der Waals surface area contributed by atoms with E-state index in [1.807, 2.05) is 10.6 Å². The fourth-order valence-electron chi connectivity index (χ4n) is 3.13. The van der Waals surface area contributed by atoms with Crippen LogP contribution in [0.1, 0.15) is 15.2 Å². The number of ether oxygens (including phenoxy) is 1. The Bertz CT molecular complexity index is 1140. The minimum Gasteiger partial charge on any atom is -0.465 e. The largest absolute Gasteiger partial charge is 0.465 e.